The number of para-hydroxylation sites is 1. The van der Waals surface area contributed by atoms with Gasteiger partial charge in [0.25, 0.3) is 5.91 Å². The Labute approximate surface area is 226 Å². The number of rotatable bonds is 8. The summed E-state index contributed by atoms with van der Waals surface area (Å²) < 4.78 is 12.0. The zero-order valence-electron chi connectivity index (χ0n) is 20.9. The van der Waals surface area contributed by atoms with Crippen LogP contribution in [0.2, 0.25) is 5.02 Å². The van der Waals surface area contributed by atoms with Gasteiger partial charge in [0.05, 0.1) is 12.1 Å². The van der Waals surface area contributed by atoms with Crippen molar-refractivity contribution in [2.24, 2.45) is 0 Å². The van der Waals surface area contributed by atoms with Gasteiger partial charge in [-0.15, -0.1) is 11.3 Å². The van der Waals surface area contributed by atoms with Crippen LogP contribution in [0.1, 0.15) is 45.2 Å². The molecule has 8 heteroatoms. The summed E-state index contributed by atoms with van der Waals surface area (Å²) in [6.07, 6.45) is 2.57. The van der Waals surface area contributed by atoms with Crippen LogP contribution < -0.4 is 4.74 Å². The monoisotopic (exact) mass is 538 g/mol. The van der Waals surface area contributed by atoms with Crippen LogP contribution in [0.15, 0.2) is 60.0 Å². The first-order chi connectivity index (χ1) is 18.0. The molecule has 1 saturated heterocycles. The van der Waals surface area contributed by atoms with Crippen molar-refractivity contribution in [2.75, 3.05) is 32.8 Å². The van der Waals surface area contributed by atoms with Gasteiger partial charge < -0.3 is 19.3 Å². The largest absolute Gasteiger partial charge is 0.491 e. The molecule has 0 N–H and O–H groups in total. The van der Waals surface area contributed by atoms with Crippen LogP contribution in [0.5, 0.6) is 5.75 Å². The van der Waals surface area contributed by atoms with Crippen molar-refractivity contribution in [1.82, 2.24) is 9.80 Å². The Morgan fingerprint density at radius 1 is 1.19 bits per heavy atom. The second-order valence-corrected chi connectivity index (χ2v) is 11.0. The number of ether oxygens (including phenoxy) is 2. The minimum atomic E-state index is -0.215. The van der Waals surface area contributed by atoms with Crippen LogP contribution in [-0.2, 0) is 16.0 Å². The first-order valence-corrected chi connectivity index (χ1v) is 14.0. The van der Waals surface area contributed by atoms with Crippen molar-refractivity contribution >= 4 is 34.8 Å². The molecular formula is C29H31ClN2O4S. The standard InChI is InChI=1S/C29H31ClN2O4S/c1-20-6-2-3-10-26(20)36-19-25-24-12-15-37-27(24)11-13-32(25)28(33)18-31(17-23-9-5-14-35-23)29(34)21-7-4-8-22(30)16-21/h2-4,6-8,10,12,15-16,23,25H,5,9,11,13-14,17-19H2,1H3/t23-,25+/m0/s1. The minimum absolute atomic E-state index is 0.0223. The normalized spacial score (nSPS) is 18.9. The molecule has 2 aliphatic heterocycles. The molecule has 0 bridgehead atoms. The summed E-state index contributed by atoms with van der Waals surface area (Å²) in [6.45, 7) is 3.99. The number of hydrogen-bond acceptors (Lipinski definition) is 5. The van der Waals surface area contributed by atoms with Gasteiger partial charge in [-0.3, -0.25) is 9.59 Å². The second-order valence-electron chi connectivity index (χ2n) is 9.56. The number of fused-ring (bicyclic) bond motifs is 1. The quantitative estimate of drug-likeness (QED) is 0.378. The van der Waals surface area contributed by atoms with E-state index >= 15 is 0 Å². The third-order valence-electron chi connectivity index (χ3n) is 7.04. The zero-order valence-corrected chi connectivity index (χ0v) is 22.5. The van der Waals surface area contributed by atoms with Crippen LogP contribution in [-0.4, -0.2) is 60.6 Å². The predicted octanol–water partition coefficient (Wildman–Crippen LogP) is 5.54. The van der Waals surface area contributed by atoms with Crippen molar-refractivity contribution in [2.45, 2.75) is 38.3 Å². The third-order valence-corrected chi connectivity index (χ3v) is 8.27. The topological polar surface area (TPSA) is 59.1 Å². The lowest BCUT2D eigenvalue weighted by atomic mass is 10.00. The Balaban J connectivity index is 1.36. The van der Waals surface area contributed by atoms with Crippen LogP contribution >= 0.6 is 22.9 Å². The van der Waals surface area contributed by atoms with Gasteiger partial charge in [-0.05, 0) is 73.0 Å². The molecule has 3 heterocycles. The van der Waals surface area contributed by atoms with Crippen molar-refractivity contribution in [3.63, 3.8) is 0 Å². The maximum Gasteiger partial charge on any atom is 0.254 e. The van der Waals surface area contributed by atoms with E-state index in [2.05, 4.69) is 11.4 Å². The summed E-state index contributed by atoms with van der Waals surface area (Å²) in [5.41, 5.74) is 2.65. The lowest BCUT2D eigenvalue weighted by molar-refractivity contribution is -0.135. The SMILES string of the molecule is Cc1ccccc1OC[C@@H]1c2ccsc2CCN1C(=O)CN(C[C@@H]1CCCO1)C(=O)c1cccc(Cl)c1. The average molecular weight is 539 g/mol. The van der Waals surface area contributed by atoms with Gasteiger partial charge in [0.2, 0.25) is 5.91 Å². The predicted molar refractivity (Wildman–Crippen MR) is 145 cm³/mol. The molecule has 2 amide bonds. The minimum Gasteiger partial charge on any atom is -0.491 e. The number of nitrogens with zero attached hydrogens (tertiary/aromatic N) is 2. The van der Waals surface area contributed by atoms with Crippen molar-refractivity contribution in [1.29, 1.82) is 0 Å². The molecule has 194 valence electrons. The molecular weight excluding hydrogens is 508 g/mol. The van der Waals surface area contributed by atoms with Crippen molar-refractivity contribution < 1.29 is 19.1 Å². The number of carbonyl (C=O) groups is 2. The molecule has 0 unspecified atom stereocenters. The molecule has 2 atom stereocenters. The molecule has 0 spiro atoms. The molecule has 3 aromatic rings. The highest BCUT2D eigenvalue weighted by Crippen LogP contribution is 2.34. The van der Waals surface area contributed by atoms with Crippen LogP contribution in [0, 0.1) is 6.92 Å². The summed E-state index contributed by atoms with van der Waals surface area (Å²) in [4.78, 5) is 32.1. The fourth-order valence-electron chi connectivity index (χ4n) is 5.07. The Hall–Kier alpha value is -2.87. The fraction of sp³-hybridized carbons (Fsp3) is 0.379. The summed E-state index contributed by atoms with van der Waals surface area (Å²) in [7, 11) is 0. The Bertz CT molecular complexity index is 1260. The van der Waals surface area contributed by atoms with E-state index in [1.165, 1.54) is 4.88 Å². The van der Waals surface area contributed by atoms with E-state index in [0.29, 0.717) is 36.9 Å². The van der Waals surface area contributed by atoms with Gasteiger partial charge in [-0.2, -0.15) is 0 Å². The fourth-order valence-corrected chi connectivity index (χ4v) is 6.19. The van der Waals surface area contributed by atoms with E-state index in [1.807, 2.05) is 36.1 Å². The summed E-state index contributed by atoms with van der Waals surface area (Å²) in [5, 5.41) is 2.56. The zero-order chi connectivity index (χ0) is 25.8. The molecule has 2 aliphatic rings. The lowest BCUT2D eigenvalue weighted by Crippen LogP contribution is -2.49. The van der Waals surface area contributed by atoms with Gasteiger partial charge in [0.15, 0.2) is 0 Å². The molecule has 6 nitrogen and oxygen atoms in total. The van der Waals surface area contributed by atoms with E-state index in [1.54, 1.807) is 40.5 Å². The maximum absolute atomic E-state index is 13.8. The second kappa shape index (κ2) is 11.7. The van der Waals surface area contributed by atoms with E-state index in [4.69, 9.17) is 21.1 Å². The van der Waals surface area contributed by atoms with E-state index in [0.717, 1.165) is 36.1 Å². The van der Waals surface area contributed by atoms with Crippen molar-refractivity contribution in [3.8, 4) is 5.75 Å². The van der Waals surface area contributed by atoms with E-state index in [9.17, 15) is 9.59 Å². The van der Waals surface area contributed by atoms with Crippen LogP contribution in [0.3, 0.4) is 0 Å². The van der Waals surface area contributed by atoms with Crippen molar-refractivity contribution in [3.05, 3.63) is 86.6 Å². The lowest BCUT2D eigenvalue weighted by Gasteiger charge is -2.37. The first kappa shape index (κ1) is 25.8. The smallest absolute Gasteiger partial charge is 0.254 e. The highest BCUT2D eigenvalue weighted by molar-refractivity contribution is 7.10. The van der Waals surface area contributed by atoms with E-state index in [-0.39, 0.29) is 30.5 Å². The highest BCUT2D eigenvalue weighted by atomic mass is 35.5. The molecule has 0 radical (unpaired) electrons. The number of thiophene rings is 1. The van der Waals surface area contributed by atoms with Crippen LogP contribution in [0.25, 0.3) is 0 Å². The van der Waals surface area contributed by atoms with Crippen LogP contribution in [0.4, 0.5) is 0 Å². The maximum atomic E-state index is 13.8. The summed E-state index contributed by atoms with van der Waals surface area (Å²) >= 11 is 7.88. The number of amides is 2. The summed E-state index contributed by atoms with van der Waals surface area (Å²) in [5.74, 6) is 0.504. The number of hydrogen-bond donors (Lipinski definition) is 0. The van der Waals surface area contributed by atoms with Gasteiger partial charge in [-0.25, -0.2) is 0 Å². The average Bonchev–Trinajstić information content (AvgIpc) is 3.59. The Kier molecular flexibility index (Phi) is 8.13. The third kappa shape index (κ3) is 6.00. The molecule has 1 aromatic heterocycles. The van der Waals surface area contributed by atoms with Gasteiger partial charge in [0, 0.05) is 35.2 Å². The van der Waals surface area contributed by atoms with Gasteiger partial charge in [0.1, 0.15) is 18.9 Å². The number of carbonyl (C=O) groups excluding carboxylic acids is 2. The van der Waals surface area contributed by atoms with Gasteiger partial charge >= 0.3 is 0 Å². The highest BCUT2D eigenvalue weighted by Gasteiger charge is 2.34. The number of aryl methyl sites for hydroxylation is 1. The molecule has 37 heavy (non-hydrogen) atoms. The van der Waals surface area contributed by atoms with Gasteiger partial charge in [-0.1, -0.05) is 35.9 Å². The number of halogens is 1. The molecule has 2 aromatic carbocycles. The Morgan fingerprint density at radius 3 is 2.84 bits per heavy atom. The van der Waals surface area contributed by atoms with E-state index < -0.39 is 0 Å². The first-order valence-electron chi connectivity index (χ1n) is 12.7. The molecule has 1 fully saturated rings. The Morgan fingerprint density at radius 2 is 2.05 bits per heavy atom. The summed E-state index contributed by atoms with van der Waals surface area (Å²) in [6, 6.07) is 16.6. The number of benzene rings is 2. The molecule has 0 aliphatic carbocycles. The molecule has 0 saturated carbocycles. The molecule has 5 rings (SSSR count).